The number of nitrogens with zero attached hydrogens (tertiary/aromatic N) is 4. The first-order chi connectivity index (χ1) is 6.45. The lowest BCUT2D eigenvalue weighted by atomic mass is 10.9. The highest BCUT2D eigenvalue weighted by molar-refractivity contribution is 7.97. The Balaban J connectivity index is 1.76. The molecule has 2 heterocycles. The molecule has 0 atom stereocenters. The molecule has 13 heavy (non-hydrogen) atoms. The van der Waals surface area contributed by atoms with Gasteiger partial charge in [0.1, 0.15) is 0 Å². The van der Waals surface area contributed by atoms with Crippen molar-refractivity contribution in [2.24, 2.45) is 0 Å². The summed E-state index contributed by atoms with van der Waals surface area (Å²) in [5, 5.41) is 0. The van der Waals surface area contributed by atoms with E-state index in [2.05, 4.69) is 9.97 Å². The molecular weight excluding hydrogens is 184 g/mol. The summed E-state index contributed by atoms with van der Waals surface area (Å²) in [4.78, 5) is 7.94. The van der Waals surface area contributed by atoms with Crippen LogP contribution in [0.4, 0.5) is 0 Å². The van der Waals surface area contributed by atoms with E-state index in [9.17, 15) is 0 Å². The fourth-order valence-corrected chi connectivity index (χ4v) is 1.79. The predicted molar refractivity (Wildman–Crippen MR) is 52.0 cm³/mol. The van der Waals surface area contributed by atoms with Crippen LogP contribution in [0.15, 0.2) is 37.4 Å². The maximum Gasteiger partial charge on any atom is 0.0953 e. The van der Waals surface area contributed by atoms with Crippen LogP contribution >= 0.6 is 11.8 Å². The summed E-state index contributed by atoms with van der Waals surface area (Å²) in [5.41, 5.74) is 0. The van der Waals surface area contributed by atoms with Crippen molar-refractivity contribution in [3.63, 3.8) is 0 Å². The molecule has 0 saturated heterocycles. The van der Waals surface area contributed by atoms with Gasteiger partial charge in [0.15, 0.2) is 0 Å². The second kappa shape index (κ2) is 4.13. The van der Waals surface area contributed by atoms with E-state index in [1.165, 1.54) is 0 Å². The maximum atomic E-state index is 3.97. The van der Waals surface area contributed by atoms with Crippen molar-refractivity contribution in [1.29, 1.82) is 0 Å². The van der Waals surface area contributed by atoms with E-state index in [4.69, 9.17) is 0 Å². The zero-order chi connectivity index (χ0) is 8.93. The van der Waals surface area contributed by atoms with Gasteiger partial charge in [0.05, 0.1) is 24.4 Å². The third-order valence-corrected chi connectivity index (χ3v) is 2.56. The molecule has 2 aromatic heterocycles. The quantitative estimate of drug-likeness (QED) is 0.738. The fraction of sp³-hybridized carbons (Fsp3) is 0.250. The first-order valence-electron chi connectivity index (χ1n) is 3.94. The maximum absolute atomic E-state index is 3.97. The van der Waals surface area contributed by atoms with Gasteiger partial charge in [-0.3, -0.25) is 0 Å². The summed E-state index contributed by atoms with van der Waals surface area (Å²) in [7, 11) is 0. The third-order valence-electron chi connectivity index (χ3n) is 1.60. The Morgan fingerprint density at radius 2 is 1.46 bits per heavy atom. The molecule has 0 aliphatic heterocycles. The molecule has 0 unspecified atom stereocenters. The van der Waals surface area contributed by atoms with Gasteiger partial charge >= 0.3 is 0 Å². The molecule has 0 N–H and O–H groups in total. The van der Waals surface area contributed by atoms with Crippen LogP contribution in [0.1, 0.15) is 0 Å². The number of imidazole rings is 2. The van der Waals surface area contributed by atoms with Gasteiger partial charge in [-0.2, -0.15) is 0 Å². The normalized spacial score (nSPS) is 10.5. The molecule has 5 heteroatoms. The van der Waals surface area contributed by atoms with Crippen LogP contribution in [-0.4, -0.2) is 19.1 Å². The Hall–Kier alpha value is -1.23. The smallest absolute Gasteiger partial charge is 0.0953 e. The Kier molecular flexibility index (Phi) is 2.66. The highest BCUT2D eigenvalue weighted by atomic mass is 32.2. The zero-order valence-electron chi connectivity index (χ0n) is 7.08. The minimum atomic E-state index is 0.929. The number of rotatable bonds is 4. The van der Waals surface area contributed by atoms with Gasteiger partial charge in [0, 0.05) is 24.8 Å². The van der Waals surface area contributed by atoms with Gasteiger partial charge in [-0.15, -0.1) is 11.8 Å². The molecule has 0 aliphatic carbocycles. The van der Waals surface area contributed by atoms with Gasteiger partial charge in [-0.1, -0.05) is 0 Å². The Morgan fingerprint density at radius 3 is 1.85 bits per heavy atom. The molecule has 2 aromatic rings. The van der Waals surface area contributed by atoms with E-state index in [0.29, 0.717) is 0 Å². The molecule has 2 rings (SSSR count). The van der Waals surface area contributed by atoms with Crippen LogP contribution in [0, 0.1) is 0 Å². The number of thioether (sulfide) groups is 1. The van der Waals surface area contributed by atoms with Gasteiger partial charge in [-0.05, 0) is 0 Å². The second-order valence-corrected chi connectivity index (χ2v) is 3.54. The largest absolute Gasteiger partial charge is 0.328 e. The van der Waals surface area contributed by atoms with Crippen molar-refractivity contribution in [2.75, 3.05) is 0 Å². The van der Waals surface area contributed by atoms with E-state index in [1.807, 2.05) is 45.9 Å². The van der Waals surface area contributed by atoms with Crippen LogP contribution < -0.4 is 0 Å². The lowest BCUT2D eigenvalue weighted by Crippen LogP contribution is -1.94. The summed E-state index contributed by atoms with van der Waals surface area (Å²) < 4.78 is 4.09. The van der Waals surface area contributed by atoms with Crippen molar-refractivity contribution < 1.29 is 0 Å². The number of hydrogen-bond donors (Lipinski definition) is 0. The lowest BCUT2D eigenvalue weighted by Gasteiger charge is -2.02. The molecule has 0 aliphatic rings. The summed E-state index contributed by atoms with van der Waals surface area (Å²) >= 11 is 1.81. The number of aromatic nitrogens is 4. The summed E-state index contributed by atoms with van der Waals surface area (Å²) in [6.07, 6.45) is 11.1. The molecule has 0 radical (unpaired) electrons. The van der Waals surface area contributed by atoms with Gasteiger partial charge < -0.3 is 9.13 Å². The van der Waals surface area contributed by atoms with Crippen LogP contribution in [-0.2, 0) is 11.8 Å². The van der Waals surface area contributed by atoms with Gasteiger partial charge in [-0.25, -0.2) is 9.97 Å². The monoisotopic (exact) mass is 194 g/mol. The lowest BCUT2D eigenvalue weighted by molar-refractivity contribution is 0.853. The van der Waals surface area contributed by atoms with E-state index in [-0.39, 0.29) is 0 Å². The average Bonchev–Trinajstić information content (AvgIpc) is 2.75. The molecular formula is C8H10N4S. The summed E-state index contributed by atoms with van der Waals surface area (Å²) in [5.74, 6) is 1.86. The van der Waals surface area contributed by atoms with Crippen molar-refractivity contribution in [3.8, 4) is 0 Å². The topological polar surface area (TPSA) is 35.6 Å². The highest BCUT2D eigenvalue weighted by Crippen LogP contribution is 2.07. The Bertz CT molecular complexity index is 293. The number of hydrogen-bond acceptors (Lipinski definition) is 3. The van der Waals surface area contributed by atoms with Crippen LogP contribution in [0.5, 0.6) is 0 Å². The molecule has 0 saturated carbocycles. The summed E-state index contributed by atoms with van der Waals surface area (Å²) in [6, 6.07) is 0. The molecule has 0 aromatic carbocycles. The third kappa shape index (κ3) is 2.35. The molecule has 0 amide bonds. The molecule has 4 nitrogen and oxygen atoms in total. The Morgan fingerprint density at radius 1 is 0.923 bits per heavy atom. The average molecular weight is 194 g/mol. The van der Waals surface area contributed by atoms with Crippen molar-refractivity contribution in [3.05, 3.63) is 37.4 Å². The van der Waals surface area contributed by atoms with E-state index in [0.717, 1.165) is 11.8 Å². The van der Waals surface area contributed by atoms with E-state index < -0.39 is 0 Å². The first kappa shape index (κ1) is 8.37. The minimum absolute atomic E-state index is 0.929. The predicted octanol–water partition coefficient (Wildman–Crippen LogP) is 1.43. The molecule has 0 bridgehead atoms. The van der Waals surface area contributed by atoms with Gasteiger partial charge in [0.25, 0.3) is 0 Å². The SMILES string of the molecule is c1cn(CSCn2ccnc2)cn1. The van der Waals surface area contributed by atoms with Crippen molar-refractivity contribution >= 4 is 11.8 Å². The first-order valence-corrected chi connectivity index (χ1v) is 5.10. The second-order valence-electron chi connectivity index (χ2n) is 2.62. The minimum Gasteiger partial charge on any atom is -0.328 e. The van der Waals surface area contributed by atoms with Crippen LogP contribution in [0.3, 0.4) is 0 Å². The van der Waals surface area contributed by atoms with Gasteiger partial charge in [0.2, 0.25) is 0 Å². The fourth-order valence-electron chi connectivity index (χ4n) is 0.978. The van der Waals surface area contributed by atoms with E-state index in [1.54, 1.807) is 12.4 Å². The molecule has 0 fully saturated rings. The summed E-state index contributed by atoms with van der Waals surface area (Å²) in [6.45, 7) is 0. The Labute approximate surface area is 80.6 Å². The van der Waals surface area contributed by atoms with Crippen molar-refractivity contribution in [1.82, 2.24) is 19.1 Å². The van der Waals surface area contributed by atoms with Crippen LogP contribution in [0.25, 0.3) is 0 Å². The van der Waals surface area contributed by atoms with E-state index >= 15 is 0 Å². The molecule has 0 spiro atoms. The standard InChI is InChI=1S/C8H10N4S/c1-3-11(5-9-1)7-13-8-12-4-2-10-6-12/h1-6H,7-8H2. The highest BCUT2D eigenvalue weighted by Gasteiger charge is 1.91. The van der Waals surface area contributed by atoms with Crippen molar-refractivity contribution in [2.45, 2.75) is 11.8 Å². The zero-order valence-corrected chi connectivity index (χ0v) is 7.89. The molecule has 68 valence electrons. The van der Waals surface area contributed by atoms with Crippen LogP contribution in [0.2, 0.25) is 0 Å².